The Morgan fingerprint density at radius 3 is 2.54 bits per heavy atom. The van der Waals surface area contributed by atoms with Gasteiger partial charge >= 0.3 is 0 Å². The van der Waals surface area contributed by atoms with Crippen LogP contribution in [0, 0.1) is 6.92 Å². The number of rotatable bonds is 2. The number of anilines is 1. The van der Waals surface area contributed by atoms with E-state index in [1.807, 2.05) is 13.0 Å². The number of carbonyl (C=O) groups is 1. The number of hydrogen-bond donors (Lipinski definition) is 1. The predicted molar refractivity (Wildman–Crippen MR) is 52.1 cm³/mol. The average molecular weight is 179 g/mol. The van der Waals surface area contributed by atoms with Gasteiger partial charge in [0.25, 0.3) is 0 Å². The van der Waals surface area contributed by atoms with Gasteiger partial charge in [-0.2, -0.15) is 0 Å². The van der Waals surface area contributed by atoms with Crippen LogP contribution in [0.1, 0.15) is 22.8 Å². The molecule has 0 fully saturated rings. The molecule has 70 valence electrons. The second kappa shape index (κ2) is 3.47. The van der Waals surface area contributed by atoms with Crippen LogP contribution in [-0.2, 0) is 0 Å². The van der Waals surface area contributed by atoms with Crippen molar-refractivity contribution in [1.29, 1.82) is 0 Å². The highest BCUT2D eigenvalue weighted by atomic mass is 16.5. The van der Waals surface area contributed by atoms with Crippen LogP contribution in [0.3, 0.4) is 0 Å². The summed E-state index contributed by atoms with van der Waals surface area (Å²) in [6, 6.07) is 3.46. The lowest BCUT2D eigenvalue weighted by Gasteiger charge is -2.08. The maximum Gasteiger partial charge on any atom is 0.162 e. The molecule has 1 aromatic carbocycles. The Hall–Kier alpha value is -1.51. The number of ketones is 1. The average Bonchev–Trinajstić information content (AvgIpc) is 2.09. The Balaban J connectivity index is 3.33. The van der Waals surface area contributed by atoms with Crippen LogP contribution in [0.25, 0.3) is 0 Å². The lowest BCUT2D eigenvalue weighted by atomic mass is 10.1. The minimum atomic E-state index is -0.0421. The van der Waals surface area contributed by atoms with E-state index in [4.69, 9.17) is 10.5 Å². The maximum absolute atomic E-state index is 11.2. The molecule has 0 aliphatic heterocycles. The lowest BCUT2D eigenvalue weighted by molar-refractivity contribution is 0.101. The smallest absolute Gasteiger partial charge is 0.162 e. The highest BCUT2D eigenvalue weighted by Crippen LogP contribution is 2.24. The summed E-state index contributed by atoms with van der Waals surface area (Å²) >= 11 is 0. The minimum Gasteiger partial charge on any atom is -0.497 e. The Kier molecular flexibility index (Phi) is 2.56. The predicted octanol–water partition coefficient (Wildman–Crippen LogP) is 1.79. The van der Waals surface area contributed by atoms with E-state index in [0.29, 0.717) is 17.0 Å². The van der Waals surface area contributed by atoms with Gasteiger partial charge in [0.15, 0.2) is 5.78 Å². The van der Waals surface area contributed by atoms with Crippen molar-refractivity contribution in [2.24, 2.45) is 0 Å². The van der Waals surface area contributed by atoms with Crippen LogP contribution in [0.2, 0.25) is 0 Å². The third kappa shape index (κ3) is 1.80. The first-order valence-electron chi connectivity index (χ1n) is 4.01. The summed E-state index contributed by atoms with van der Waals surface area (Å²) < 4.78 is 5.03. The van der Waals surface area contributed by atoms with Gasteiger partial charge in [-0.1, -0.05) is 0 Å². The van der Waals surface area contributed by atoms with Gasteiger partial charge < -0.3 is 10.5 Å². The van der Waals surface area contributed by atoms with Crippen molar-refractivity contribution in [2.75, 3.05) is 12.8 Å². The van der Waals surface area contributed by atoms with Crippen molar-refractivity contribution < 1.29 is 9.53 Å². The zero-order valence-electron chi connectivity index (χ0n) is 8.05. The second-order valence-electron chi connectivity index (χ2n) is 2.96. The first-order valence-corrected chi connectivity index (χ1v) is 4.01. The Labute approximate surface area is 77.5 Å². The van der Waals surface area contributed by atoms with Gasteiger partial charge in [0.2, 0.25) is 0 Å². The Morgan fingerprint density at radius 2 is 2.08 bits per heavy atom. The van der Waals surface area contributed by atoms with Crippen LogP contribution in [0.5, 0.6) is 5.75 Å². The molecule has 3 heteroatoms. The van der Waals surface area contributed by atoms with Crippen molar-refractivity contribution in [3.8, 4) is 5.75 Å². The Bertz CT molecular complexity index is 345. The molecule has 0 aliphatic carbocycles. The molecule has 0 saturated carbocycles. The first kappa shape index (κ1) is 9.58. The SMILES string of the molecule is COc1cc(C)c(N)c(C(C)=O)c1. The van der Waals surface area contributed by atoms with E-state index in [1.165, 1.54) is 6.92 Å². The molecule has 0 aromatic heterocycles. The van der Waals surface area contributed by atoms with Crippen LogP contribution in [-0.4, -0.2) is 12.9 Å². The lowest BCUT2D eigenvalue weighted by Crippen LogP contribution is -2.02. The summed E-state index contributed by atoms with van der Waals surface area (Å²) in [7, 11) is 1.56. The van der Waals surface area contributed by atoms with E-state index in [1.54, 1.807) is 13.2 Å². The highest BCUT2D eigenvalue weighted by molar-refractivity contribution is 6.00. The summed E-state index contributed by atoms with van der Waals surface area (Å²) in [4.78, 5) is 11.2. The van der Waals surface area contributed by atoms with Gasteiger partial charge in [0.1, 0.15) is 5.75 Å². The number of nitrogen functional groups attached to an aromatic ring is 1. The zero-order chi connectivity index (χ0) is 10.0. The fraction of sp³-hybridized carbons (Fsp3) is 0.300. The fourth-order valence-electron chi connectivity index (χ4n) is 1.17. The number of nitrogens with two attached hydrogens (primary N) is 1. The molecule has 1 rings (SSSR count). The summed E-state index contributed by atoms with van der Waals surface area (Å²) in [5.74, 6) is 0.622. The molecule has 0 bridgehead atoms. The van der Waals surface area contributed by atoms with E-state index < -0.39 is 0 Å². The summed E-state index contributed by atoms with van der Waals surface area (Å²) in [6.07, 6.45) is 0. The molecule has 2 N–H and O–H groups in total. The third-order valence-corrected chi connectivity index (χ3v) is 1.98. The molecule has 1 aromatic rings. The fourth-order valence-corrected chi connectivity index (χ4v) is 1.17. The number of Topliss-reactive ketones (excluding diaryl/α,β-unsaturated/α-hetero) is 1. The van der Waals surface area contributed by atoms with Gasteiger partial charge in [-0.25, -0.2) is 0 Å². The maximum atomic E-state index is 11.2. The zero-order valence-corrected chi connectivity index (χ0v) is 8.05. The van der Waals surface area contributed by atoms with Gasteiger partial charge in [-0.3, -0.25) is 4.79 Å². The first-order chi connectivity index (χ1) is 6.06. The normalized spacial score (nSPS) is 9.77. The van der Waals surface area contributed by atoms with Gasteiger partial charge in [0, 0.05) is 11.3 Å². The number of benzene rings is 1. The number of ether oxygens (including phenoxy) is 1. The number of carbonyl (C=O) groups excluding carboxylic acids is 1. The van der Waals surface area contributed by atoms with Crippen molar-refractivity contribution >= 4 is 11.5 Å². The number of hydrogen-bond acceptors (Lipinski definition) is 3. The van der Waals surface area contributed by atoms with Crippen LogP contribution in [0.15, 0.2) is 12.1 Å². The van der Waals surface area contributed by atoms with Crippen molar-refractivity contribution in [1.82, 2.24) is 0 Å². The van der Waals surface area contributed by atoms with Crippen molar-refractivity contribution in [3.05, 3.63) is 23.3 Å². The Morgan fingerprint density at radius 1 is 1.46 bits per heavy atom. The second-order valence-corrected chi connectivity index (χ2v) is 2.96. The highest BCUT2D eigenvalue weighted by Gasteiger charge is 2.08. The molecule has 3 nitrogen and oxygen atoms in total. The molecule has 0 atom stereocenters. The summed E-state index contributed by atoms with van der Waals surface area (Å²) in [6.45, 7) is 3.34. The van der Waals surface area contributed by atoms with Crippen molar-refractivity contribution in [2.45, 2.75) is 13.8 Å². The molecule has 0 unspecified atom stereocenters. The minimum absolute atomic E-state index is 0.0421. The molecule has 0 amide bonds. The monoisotopic (exact) mass is 179 g/mol. The molecule has 0 radical (unpaired) electrons. The van der Waals surface area contributed by atoms with E-state index in [9.17, 15) is 4.79 Å². The van der Waals surface area contributed by atoms with E-state index in [-0.39, 0.29) is 5.78 Å². The largest absolute Gasteiger partial charge is 0.497 e. The topological polar surface area (TPSA) is 52.3 Å². The molecule has 13 heavy (non-hydrogen) atoms. The van der Waals surface area contributed by atoms with Crippen LogP contribution >= 0.6 is 0 Å². The number of methoxy groups -OCH3 is 1. The molecule has 0 heterocycles. The summed E-state index contributed by atoms with van der Waals surface area (Å²) in [5.41, 5.74) is 7.66. The molecule has 0 saturated heterocycles. The van der Waals surface area contributed by atoms with Gasteiger partial charge in [-0.05, 0) is 31.5 Å². The van der Waals surface area contributed by atoms with Crippen LogP contribution < -0.4 is 10.5 Å². The van der Waals surface area contributed by atoms with E-state index >= 15 is 0 Å². The van der Waals surface area contributed by atoms with Gasteiger partial charge in [0.05, 0.1) is 7.11 Å². The quantitative estimate of drug-likeness (QED) is 0.556. The van der Waals surface area contributed by atoms with E-state index in [2.05, 4.69) is 0 Å². The van der Waals surface area contributed by atoms with E-state index in [0.717, 1.165) is 5.56 Å². The molecule has 0 aliphatic rings. The molecule has 0 spiro atoms. The third-order valence-electron chi connectivity index (χ3n) is 1.98. The van der Waals surface area contributed by atoms with Crippen molar-refractivity contribution in [3.63, 3.8) is 0 Å². The van der Waals surface area contributed by atoms with Crippen LogP contribution in [0.4, 0.5) is 5.69 Å². The standard InChI is InChI=1S/C10H13NO2/c1-6-4-8(13-3)5-9(7(2)12)10(6)11/h4-5H,11H2,1-3H3. The molecular formula is C10H13NO2. The summed E-state index contributed by atoms with van der Waals surface area (Å²) in [5, 5.41) is 0. The molecular weight excluding hydrogens is 166 g/mol. The number of aryl methyl sites for hydroxylation is 1. The van der Waals surface area contributed by atoms with Gasteiger partial charge in [-0.15, -0.1) is 0 Å².